The van der Waals surface area contributed by atoms with Gasteiger partial charge in [0.1, 0.15) is 5.82 Å². The lowest BCUT2D eigenvalue weighted by molar-refractivity contribution is -0.139. The predicted octanol–water partition coefficient (Wildman–Crippen LogP) is 3.34. The molecule has 0 amide bonds. The Balaban J connectivity index is 1.66. The smallest absolute Gasteiger partial charge is 0.305 e. The second kappa shape index (κ2) is 8.81. The fraction of sp³-hybridized carbons (Fsp3) is 0.500. The molecule has 0 saturated heterocycles. The number of fused-ring (bicyclic) bond motifs is 2. The van der Waals surface area contributed by atoms with Gasteiger partial charge in [-0.15, -0.1) is 0 Å². The average Bonchev–Trinajstić information content (AvgIpc) is 2.62. The van der Waals surface area contributed by atoms with Gasteiger partial charge in [-0.05, 0) is 60.6 Å². The van der Waals surface area contributed by atoms with E-state index < -0.39 is 18.2 Å². The number of aliphatic hydroxyl groups excluding tert-OH is 2. The van der Waals surface area contributed by atoms with Crippen molar-refractivity contribution >= 4 is 5.97 Å². The molecule has 5 heteroatoms. The van der Waals surface area contributed by atoms with Crippen molar-refractivity contribution in [2.45, 2.75) is 44.3 Å². The Morgan fingerprint density at radius 2 is 1.81 bits per heavy atom. The Morgan fingerprint density at radius 1 is 1.15 bits per heavy atom. The molecule has 3 N–H and O–H groups in total. The molecule has 3 aliphatic rings. The Labute approximate surface area is 159 Å². The molecule has 4 rings (SSSR count). The van der Waals surface area contributed by atoms with Crippen LogP contribution in [-0.2, 0) is 11.2 Å². The fourth-order valence-electron chi connectivity index (χ4n) is 4.51. The average molecular weight is 374 g/mol. The van der Waals surface area contributed by atoms with Crippen molar-refractivity contribution in [2.75, 3.05) is 0 Å². The largest absolute Gasteiger partial charge is 0.481 e. The van der Waals surface area contributed by atoms with Gasteiger partial charge in [-0.2, -0.15) is 0 Å². The standard InChI is InChI=1S/C22H27FO4/c23-17-7-1-14(2-8-17)11-21-16-5-3-15(4-6-16)20(21)10-9-18(24)12-19(25)13-22(26)27/h1-3,5,7-10,15-16,18-21,24-25H,4,6,11-13H2,(H,26,27)/b10-9+/t15-,16?,18?,19?,20?,21-/m0/s1. The van der Waals surface area contributed by atoms with Gasteiger partial charge in [0.05, 0.1) is 18.6 Å². The predicted molar refractivity (Wildman–Crippen MR) is 100 cm³/mol. The highest BCUT2D eigenvalue weighted by molar-refractivity contribution is 5.67. The molecule has 0 radical (unpaired) electrons. The third-order valence-corrected chi connectivity index (χ3v) is 5.84. The second-order valence-corrected chi connectivity index (χ2v) is 7.80. The third kappa shape index (κ3) is 5.27. The number of hydrogen-bond acceptors (Lipinski definition) is 3. The lowest BCUT2D eigenvalue weighted by Gasteiger charge is -2.44. The molecule has 0 aliphatic heterocycles. The molecule has 3 aliphatic carbocycles. The summed E-state index contributed by atoms with van der Waals surface area (Å²) in [7, 11) is 0. The van der Waals surface area contributed by atoms with Crippen LogP contribution in [0.25, 0.3) is 0 Å². The zero-order chi connectivity index (χ0) is 19.4. The van der Waals surface area contributed by atoms with E-state index in [2.05, 4.69) is 12.2 Å². The summed E-state index contributed by atoms with van der Waals surface area (Å²) in [6.07, 6.45) is 9.14. The van der Waals surface area contributed by atoms with Gasteiger partial charge in [0.25, 0.3) is 0 Å². The number of aliphatic hydroxyl groups is 2. The first-order chi connectivity index (χ1) is 12.9. The van der Waals surface area contributed by atoms with E-state index in [0.717, 1.165) is 24.8 Å². The number of carbonyl (C=O) groups is 1. The number of carboxylic acids is 1. The first-order valence-electron chi connectivity index (χ1n) is 9.61. The first kappa shape index (κ1) is 19.8. The van der Waals surface area contributed by atoms with Crippen LogP contribution in [0.4, 0.5) is 4.39 Å². The molecule has 1 aromatic carbocycles. The van der Waals surface area contributed by atoms with Crippen LogP contribution in [0.3, 0.4) is 0 Å². The number of halogens is 1. The van der Waals surface area contributed by atoms with Crippen LogP contribution in [0.15, 0.2) is 48.6 Å². The minimum atomic E-state index is -1.08. The maximum Gasteiger partial charge on any atom is 0.305 e. The number of allylic oxidation sites excluding steroid dienone is 3. The van der Waals surface area contributed by atoms with Crippen LogP contribution in [0.5, 0.6) is 0 Å². The molecule has 2 bridgehead atoms. The Hall–Kier alpha value is -1.98. The summed E-state index contributed by atoms with van der Waals surface area (Å²) in [5, 5.41) is 28.5. The minimum absolute atomic E-state index is 0.0160. The fourth-order valence-corrected chi connectivity index (χ4v) is 4.51. The molecular formula is C22H27FO4. The number of carboxylic acid groups (broad SMARTS) is 1. The minimum Gasteiger partial charge on any atom is -0.481 e. The van der Waals surface area contributed by atoms with E-state index in [1.807, 2.05) is 18.2 Å². The Kier molecular flexibility index (Phi) is 6.45. The number of aliphatic carboxylic acids is 1. The molecule has 1 fully saturated rings. The van der Waals surface area contributed by atoms with E-state index in [0.29, 0.717) is 17.8 Å². The molecule has 4 unspecified atom stereocenters. The third-order valence-electron chi connectivity index (χ3n) is 5.84. The highest BCUT2D eigenvalue weighted by atomic mass is 19.1. The van der Waals surface area contributed by atoms with Crippen molar-refractivity contribution < 1.29 is 24.5 Å². The van der Waals surface area contributed by atoms with Gasteiger partial charge >= 0.3 is 5.97 Å². The SMILES string of the molecule is O=C(O)CC(O)CC(O)/C=C/C1[C@@H](Cc2ccc(F)cc2)C2C=C[C@H]1CC2. The van der Waals surface area contributed by atoms with Gasteiger partial charge in [0, 0.05) is 6.42 Å². The van der Waals surface area contributed by atoms with Gasteiger partial charge in [0.15, 0.2) is 0 Å². The molecule has 1 aromatic rings. The van der Waals surface area contributed by atoms with Gasteiger partial charge in [-0.25, -0.2) is 4.39 Å². The molecule has 27 heavy (non-hydrogen) atoms. The lowest BCUT2D eigenvalue weighted by Crippen LogP contribution is -2.37. The quantitative estimate of drug-likeness (QED) is 0.610. The molecule has 0 heterocycles. The molecule has 146 valence electrons. The topological polar surface area (TPSA) is 77.8 Å². The number of benzene rings is 1. The van der Waals surface area contributed by atoms with E-state index in [-0.39, 0.29) is 24.6 Å². The van der Waals surface area contributed by atoms with E-state index >= 15 is 0 Å². The summed E-state index contributed by atoms with van der Waals surface area (Å²) in [4.78, 5) is 10.6. The van der Waals surface area contributed by atoms with Crippen molar-refractivity contribution in [3.8, 4) is 0 Å². The zero-order valence-corrected chi connectivity index (χ0v) is 15.2. The Bertz CT molecular complexity index is 697. The van der Waals surface area contributed by atoms with Crippen LogP contribution in [0.2, 0.25) is 0 Å². The maximum absolute atomic E-state index is 13.2. The lowest BCUT2D eigenvalue weighted by atomic mass is 9.60. The van der Waals surface area contributed by atoms with Crippen molar-refractivity contribution in [2.24, 2.45) is 23.7 Å². The number of hydrogen-bond donors (Lipinski definition) is 3. The van der Waals surface area contributed by atoms with Gasteiger partial charge in [0.2, 0.25) is 0 Å². The van der Waals surface area contributed by atoms with Crippen molar-refractivity contribution in [3.63, 3.8) is 0 Å². The summed E-state index contributed by atoms with van der Waals surface area (Å²) in [6, 6.07) is 6.65. The van der Waals surface area contributed by atoms with Crippen LogP contribution in [0, 0.1) is 29.5 Å². The van der Waals surface area contributed by atoms with Crippen molar-refractivity contribution in [1.82, 2.24) is 0 Å². The van der Waals surface area contributed by atoms with Crippen LogP contribution >= 0.6 is 0 Å². The summed E-state index contributed by atoms with van der Waals surface area (Å²) in [6.45, 7) is 0. The van der Waals surface area contributed by atoms with E-state index in [1.54, 1.807) is 6.08 Å². The van der Waals surface area contributed by atoms with Gasteiger partial charge in [-0.3, -0.25) is 4.79 Å². The molecule has 4 nitrogen and oxygen atoms in total. The van der Waals surface area contributed by atoms with Crippen molar-refractivity contribution in [1.29, 1.82) is 0 Å². The normalized spacial score (nSPS) is 29.1. The molecule has 0 aromatic heterocycles. The number of rotatable bonds is 8. The van der Waals surface area contributed by atoms with E-state index in [9.17, 15) is 19.4 Å². The summed E-state index contributed by atoms with van der Waals surface area (Å²) in [5.74, 6) is 0.269. The first-order valence-corrected chi connectivity index (χ1v) is 9.61. The maximum atomic E-state index is 13.2. The van der Waals surface area contributed by atoms with Gasteiger partial charge in [-0.1, -0.05) is 36.4 Å². The molecular weight excluding hydrogens is 347 g/mol. The Morgan fingerprint density at radius 3 is 2.44 bits per heavy atom. The van der Waals surface area contributed by atoms with Gasteiger partial charge < -0.3 is 15.3 Å². The van der Waals surface area contributed by atoms with Crippen LogP contribution in [0.1, 0.15) is 31.2 Å². The van der Waals surface area contributed by atoms with Crippen LogP contribution < -0.4 is 0 Å². The summed E-state index contributed by atoms with van der Waals surface area (Å²) in [5.41, 5.74) is 1.11. The second-order valence-electron chi connectivity index (χ2n) is 7.80. The summed E-state index contributed by atoms with van der Waals surface area (Å²) >= 11 is 0. The van der Waals surface area contributed by atoms with E-state index in [1.165, 1.54) is 12.1 Å². The monoisotopic (exact) mass is 374 g/mol. The zero-order valence-electron chi connectivity index (χ0n) is 15.2. The van der Waals surface area contributed by atoms with E-state index in [4.69, 9.17) is 5.11 Å². The van der Waals surface area contributed by atoms with Crippen molar-refractivity contribution in [3.05, 3.63) is 60.0 Å². The molecule has 6 atom stereocenters. The molecule has 1 saturated carbocycles. The van der Waals surface area contributed by atoms with Crippen LogP contribution in [-0.4, -0.2) is 33.5 Å². The highest BCUT2D eigenvalue weighted by Crippen LogP contribution is 2.46. The summed E-state index contributed by atoms with van der Waals surface area (Å²) < 4.78 is 13.2. The molecule has 0 spiro atoms. The highest BCUT2D eigenvalue weighted by Gasteiger charge is 2.39.